The van der Waals surface area contributed by atoms with Gasteiger partial charge < -0.3 is 10.1 Å². The summed E-state index contributed by atoms with van der Waals surface area (Å²) in [6, 6.07) is 0. The van der Waals surface area contributed by atoms with Crippen molar-refractivity contribution in [2.45, 2.75) is 39.7 Å². The summed E-state index contributed by atoms with van der Waals surface area (Å²) in [6.45, 7) is 9.15. The fourth-order valence-electron chi connectivity index (χ4n) is 1.13. The summed E-state index contributed by atoms with van der Waals surface area (Å²) in [5.74, 6) is 1.52. The second kappa shape index (κ2) is 5.59. The summed E-state index contributed by atoms with van der Waals surface area (Å²) in [7, 11) is 1.71. The van der Waals surface area contributed by atoms with E-state index in [1.807, 2.05) is 13.8 Å². The van der Waals surface area contributed by atoms with Crippen molar-refractivity contribution in [1.29, 1.82) is 0 Å². The van der Waals surface area contributed by atoms with Crippen molar-refractivity contribution < 1.29 is 4.74 Å². The number of nitrogens with one attached hydrogen (secondary N) is 1. The van der Waals surface area contributed by atoms with E-state index in [0.29, 0.717) is 5.92 Å². The number of rotatable bonds is 6. The Morgan fingerprint density at radius 3 is 2.69 bits per heavy atom. The van der Waals surface area contributed by atoms with Crippen molar-refractivity contribution in [3.8, 4) is 0 Å². The molecule has 1 heterocycles. The summed E-state index contributed by atoms with van der Waals surface area (Å²) in [6.07, 6.45) is 0.936. The zero-order valence-electron chi connectivity index (χ0n) is 10.7. The van der Waals surface area contributed by atoms with E-state index in [0.717, 1.165) is 23.9 Å². The molecule has 1 aromatic heterocycles. The van der Waals surface area contributed by atoms with E-state index >= 15 is 0 Å². The van der Waals surface area contributed by atoms with Gasteiger partial charge in [-0.2, -0.15) is 4.37 Å². The maximum absolute atomic E-state index is 5.32. The lowest BCUT2D eigenvalue weighted by molar-refractivity contribution is 0.0344. The number of hydrogen-bond acceptors (Lipinski definition) is 5. The third-order valence-electron chi connectivity index (χ3n) is 2.28. The molecule has 0 unspecified atom stereocenters. The van der Waals surface area contributed by atoms with Crippen LogP contribution in [0.25, 0.3) is 0 Å². The second-order valence-corrected chi connectivity index (χ2v) is 5.68. The SMILES string of the molecule is COC(C)(C)CNc1nc(CC(C)C)ns1. The van der Waals surface area contributed by atoms with Gasteiger partial charge >= 0.3 is 0 Å². The molecule has 0 fully saturated rings. The van der Waals surface area contributed by atoms with Crippen molar-refractivity contribution in [2.75, 3.05) is 19.0 Å². The normalized spacial score (nSPS) is 12.1. The fraction of sp³-hybridized carbons (Fsp3) is 0.818. The molecule has 0 aliphatic heterocycles. The zero-order valence-corrected chi connectivity index (χ0v) is 11.5. The van der Waals surface area contributed by atoms with Gasteiger partial charge in [-0.25, -0.2) is 4.98 Å². The molecule has 0 aliphatic carbocycles. The molecule has 92 valence electrons. The van der Waals surface area contributed by atoms with Gasteiger partial charge in [0.25, 0.3) is 0 Å². The third kappa shape index (κ3) is 4.45. The first kappa shape index (κ1) is 13.4. The summed E-state index contributed by atoms with van der Waals surface area (Å²) in [5.41, 5.74) is -0.177. The summed E-state index contributed by atoms with van der Waals surface area (Å²) >= 11 is 1.41. The van der Waals surface area contributed by atoms with E-state index in [4.69, 9.17) is 4.74 Å². The number of methoxy groups -OCH3 is 1. The number of hydrogen-bond donors (Lipinski definition) is 1. The van der Waals surface area contributed by atoms with Gasteiger partial charge in [0.2, 0.25) is 5.13 Å². The molecule has 1 N–H and O–H groups in total. The van der Waals surface area contributed by atoms with Crippen LogP contribution < -0.4 is 5.32 Å². The number of aromatic nitrogens is 2. The van der Waals surface area contributed by atoms with Crippen LogP contribution in [-0.4, -0.2) is 28.6 Å². The minimum Gasteiger partial charge on any atom is -0.377 e. The molecule has 0 aliphatic rings. The highest BCUT2D eigenvalue weighted by molar-refractivity contribution is 7.09. The first-order valence-corrected chi connectivity index (χ1v) is 6.32. The predicted molar refractivity (Wildman–Crippen MR) is 68.0 cm³/mol. The molecular weight excluding hydrogens is 222 g/mol. The molecule has 0 radical (unpaired) electrons. The van der Waals surface area contributed by atoms with Crippen LogP contribution in [-0.2, 0) is 11.2 Å². The minimum absolute atomic E-state index is 0.177. The van der Waals surface area contributed by atoms with Crippen LogP contribution in [0.3, 0.4) is 0 Å². The molecule has 0 amide bonds. The standard InChI is InChI=1S/C11H21N3OS/c1-8(2)6-9-13-10(16-14-9)12-7-11(3,4)15-5/h8H,6-7H2,1-5H3,(H,12,13,14). The number of anilines is 1. The maximum atomic E-state index is 5.32. The Balaban J connectivity index is 2.46. The van der Waals surface area contributed by atoms with Crippen LogP contribution >= 0.6 is 11.5 Å². The van der Waals surface area contributed by atoms with E-state index in [1.54, 1.807) is 7.11 Å². The Morgan fingerprint density at radius 1 is 1.44 bits per heavy atom. The molecule has 0 saturated heterocycles. The molecule has 1 rings (SSSR count). The van der Waals surface area contributed by atoms with Crippen LogP contribution in [0.2, 0.25) is 0 Å². The predicted octanol–water partition coefficient (Wildman–Crippen LogP) is 2.57. The molecule has 0 aromatic carbocycles. The minimum atomic E-state index is -0.177. The largest absolute Gasteiger partial charge is 0.377 e. The molecule has 5 heteroatoms. The van der Waals surface area contributed by atoms with Crippen molar-refractivity contribution in [2.24, 2.45) is 5.92 Å². The van der Waals surface area contributed by atoms with Crippen LogP contribution in [0.15, 0.2) is 0 Å². The first-order chi connectivity index (χ1) is 7.43. The Bertz CT molecular complexity index is 323. The lowest BCUT2D eigenvalue weighted by Gasteiger charge is -2.22. The molecule has 0 spiro atoms. The van der Waals surface area contributed by atoms with Crippen molar-refractivity contribution in [3.63, 3.8) is 0 Å². The fourth-order valence-corrected chi connectivity index (χ4v) is 1.72. The summed E-state index contributed by atoms with van der Waals surface area (Å²) in [5, 5.41) is 4.13. The lowest BCUT2D eigenvalue weighted by atomic mass is 10.1. The molecule has 4 nitrogen and oxygen atoms in total. The monoisotopic (exact) mass is 243 g/mol. The van der Waals surface area contributed by atoms with Gasteiger partial charge in [0.1, 0.15) is 5.82 Å². The second-order valence-electron chi connectivity index (χ2n) is 4.93. The topological polar surface area (TPSA) is 47.0 Å². The third-order valence-corrected chi connectivity index (χ3v) is 2.99. The van der Waals surface area contributed by atoms with Gasteiger partial charge in [-0.15, -0.1) is 0 Å². The van der Waals surface area contributed by atoms with Crippen LogP contribution in [0.4, 0.5) is 5.13 Å². The number of ether oxygens (including phenoxy) is 1. The van der Waals surface area contributed by atoms with Gasteiger partial charge in [-0.1, -0.05) is 13.8 Å². The lowest BCUT2D eigenvalue weighted by Crippen LogP contribution is -2.32. The maximum Gasteiger partial charge on any atom is 0.202 e. The van der Waals surface area contributed by atoms with E-state index in [1.165, 1.54) is 11.5 Å². The Kier molecular flexibility index (Phi) is 4.68. The van der Waals surface area contributed by atoms with Crippen molar-refractivity contribution in [3.05, 3.63) is 5.82 Å². The van der Waals surface area contributed by atoms with E-state index < -0.39 is 0 Å². The van der Waals surface area contributed by atoms with Crippen molar-refractivity contribution >= 4 is 16.7 Å². The zero-order chi connectivity index (χ0) is 12.2. The molecule has 0 atom stereocenters. The van der Waals surface area contributed by atoms with Crippen LogP contribution in [0, 0.1) is 5.92 Å². The van der Waals surface area contributed by atoms with E-state index in [2.05, 4.69) is 28.5 Å². The van der Waals surface area contributed by atoms with Crippen LogP contribution in [0.1, 0.15) is 33.5 Å². The first-order valence-electron chi connectivity index (χ1n) is 5.54. The summed E-state index contributed by atoms with van der Waals surface area (Å²) in [4.78, 5) is 4.43. The van der Waals surface area contributed by atoms with Gasteiger partial charge in [-0.05, 0) is 19.8 Å². The Hall–Kier alpha value is -0.680. The van der Waals surface area contributed by atoms with Crippen molar-refractivity contribution in [1.82, 2.24) is 9.36 Å². The van der Waals surface area contributed by atoms with Gasteiger partial charge in [-0.3, -0.25) is 0 Å². The smallest absolute Gasteiger partial charge is 0.202 e. The molecular formula is C11H21N3OS. The highest BCUT2D eigenvalue weighted by Crippen LogP contribution is 2.15. The van der Waals surface area contributed by atoms with Gasteiger partial charge in [0.15, 0.2) is 0 Å². The molecule has 1 aromatic rings. The summed E-state index contributed by atoms with van der Waals surface area (Å²) < 4.78 is 9.63. The molecule has 16 heavy (non-hydrogen) atoms. The highest BCUT2D eigenvalue weighted by Gasteiger charge is 2.16. The van der Waals surface area contributed by atoms with Gasteiger partial charge in [0.05, 0.1) is 5.60 Å². The number of nitrogens with zero attached hydrogens (tertiary/aromatic N) is 2. The molecule has 0 saturated carbocycles. The van der Waals surface area contributed by atoms with Crippen LogP contribution in [0.5, 0.6) is 0 Å². The average Bonchev–Trinajstić information content (AvgIpc) is 2.62. The molecule has 0 bridgehead atoms. The van der Waals surface area contributed by atoms with E-state index in [-0.39, 0.29) is 5.60 Å². The highest BCUT2D eigenvalue weighted by atomic mass is 32.1. The Labute approximate surface area is 102 Å². The quantitative estimate of drug-likeness (QED) is 0.834. The van der Waals surface area contributed by atoms with E-state index in [9.17, 15) is 0 Å². The average molecular weight is 243 g/mol. The van der Waals surface area contributed by atoms with Gasteiger partial charge in [0, 0.05) is 31.6 Å². The Morgan fingerprint density at radius 2 is 2.12 bits per heavy atom.